The Hall–Kier alpha value is -1.13. The van der Waals surface area contributed by atoms with E-state index in [2.05, 4.69) is 21.4 Å². The monoisotopic (exact) mass is 253 g/mol. The minimum atomic E-state index is 0.839. The highest BCUT2D eigenvalue weighted by atomic mass is 35.5. The summed E-state index contributed by atoms with van der Waals surface area (Å²) in [6.07, 6.45) is 4.34. The van der Waals surface area contributed by atoms with Gasteiger partial charge in [0.15, 0.2) is 0 Å². The summed E-state index contributed by atoms with van der Waals surface area (Å²) in [5, 5.41) is 3.26. The topological polar surface area (TPSA) is 37.8 Å². The van der Waals surface area contributed by atoms with Crippen LogP contribution < -0.4 is 5.32 Å². The van der Waals surface area contributed by atoms with E-state index in [0.29, 0.717) is 0 Å². The summed E-state index contributed by atoms with van der Waals surface area (Å²) in [6.45, 7) is 2.79. The van der Waals surface area contributed by atoms with Gasteiger partial charge in [-0.15, -0.1) is 11.3 Å². The zero-order valence-corrected chi connectivity index (χ0v) is 10.5. The number of rotatable bonds is 4. The maximum absolute atomic E-state index is 5.86. The summed E-state index contributed by atoms with van der Waals surface area (Å²) in [4.78, 5) is 9.66. The number of nitrogens with one attached hydrogen (secondary N) is 1. The molecule has 0 aliphatic rings. The normalized spacial score (nSPS) is 10.4. The van der Waals surface area contributed by atoms with E-state index in [1.54, 1.807) is 23.7 Å². The predicted octanol–water partition coefficient (Wildman–Crippen LogP) is 3.15. The fourth-order valence-electron chi connectivity index (χ4n) is 1.37. The molecule has 0 radical (unpaired) electrons. The number of aromatic nitrogens is 2. The van der Waals surface area contributed by atoms with Gasteiger partial charge in [0, 0.05) is 23.8 Å². The first kappa shape index (κ1) is 11.4. The zero-order chi connectivity index (χ0) is 11.4. The lowest BCUT2D eigenvalue weighted by Gasteiger charge is -2.05. The van der Waals surface area contributed by atoms with E-state index in [4.69, 9.17) is 11.6 Å². The van der Waals surface area contributed by atoms with Crippen LogP contribution in [0.15, 0.2) is 24.5 Å². The van der Waals surface area contributed by atoms with Crippen LogP contribution in [0.5, 0.6) is 0 Å². The number of anilines is 1. The summed E-state index contributed by atoms with van der Waals surface area (Å²) in [5.41, 5.74) is 0.923. The van der Waals surface area contributed by atoms with Crippen molar-refractivity contribution < 1.29 is 0 Å². The Morgan fingerprint density at radius 2 is 2.12 bits per heavy atom. The molecule has 16 heavy (non-hydrogen) atoms. The second-order valence-electron chi connectivity index (χ2n) is 3.37. The maximum atomic E-state index is 5.86. The van der Waals surface area contributed by atoms with Crippen molar-refractivity contribution in [2.45, 2.75) is 13.3 Å². The molecule has 0 unspecified atom stereocenters. The van der Waals surface area contributed by atoms with Crippen LogP contribution in [-0.2, 0) is 6.42 Å². The molecule has 5 heteroatoms. The summed E-state index contributed by atoms with van der Waals surface area (Å²) in [6, 6.07) is 3.98. The van der Waals surface area contributed by atoms with Crippen molar-refractivity contribution in [3.8, 4) is 0 Å². The largest absolute Gasteiger partial charge is 0.368 e. The van der Waals surface area contributed by atoms with E-state index in [1.807, 2.05) is 13.0 Å². The van der Waals surface area contributed by atoms with Gasteiger partial charge in [-0.2, -0.15) is 0 Å². The van der Waals surface area contributed by atoms with Gasteiger partial charge in [0.2, 0.25) is 0 Å². The molecule has 2 heterocycles. The lowest BCUT2D eigenvalue weighted by molar-refractivity contribution is 1.00. The number of thiophene rings is 1. The van der Waals surface area contributed by atoms with Gasteiger partial charge in [0.25, 0.3) is 0 Å². The van der Waals surface area contributed by atoms with Crippen LogP contribution >= 0.6 is 22.9 Å². The second kappa shape index (κ2) is 5.27. The van der Waals surface area contributed by atoms with Crippen molar-refractivity contribution in [1.82, 2.24) is 9.97 Å². The molecular formula is C11H12ClN3S. The number of nitrogens with zero attached hydrogens (tertiary/aromatic N) is 2. The molecule has 3 nitrogen and oxygen atoms in total. The van der Waals surface area contributed by atoms with E-state index in [-0.39, 0.29) is 0 Å². The van der Waals surface area contributed by atoms with Crippen molar-refractivity contribution in [3.63, 3.8) is 0 Å². The summed E-state index contributed by atoms with van der Waals surface area (Å²) in [5.74, 6) is 0.852. The third kappa shape index (κ3) is 2.93. The van der Waals surface area contributed by atoms with Gasteiger partial charge in [-0.1, -0.05) is 11.6 Å². The van der Waals surface area contributed by atoms with E-state index in [9.17, 15) is 0 Å². The van der Waals surface area contributed by atoms with Gasteiger partial charge in [-0.25, -0.2) is 4.98 Å². The predicted molar refractivity (Wildman–Crippen MR) is 68.3 cm³/mol. The van der Waals surface area contributed by atoms with Crippen LogP contribution in [0.1, 0.15) is 10.6 Å². The summed E-state index contributed by atoms with van der Waals surface area (Å²) < 4.78 is 0.839. The average molecular weight is 254 g/mol. The molecule has 0 aliphatic heterocycles. The van der Waals surface area contributed by atoms with Crippen molar-refractivity contribution >= 4 is 28.8 Å². The molecule has 2 aromatic rings. The minimum Gasteiger partial charge on any atom is -0.368 e. The molecule has 0 spiro atoms. The SMILES string of the molecule is Cc1nccnc1NCCc1ccc(Cl)s1. The lowest BCUT2D eigenvalue weighted by atomic mass is 10.3. The summed E-state index contributed by atoms with van der Waals surface area (Å²) >= 11 is 7.47. The maximum Gasteiger partial charge on any atom is 0.147 e. The number of hydrogen-bond acceptors (Lipinski definition) is 4. The van der Waals surface area contributed by atoms with Crippen LogP contribution in [0.3, 0.4) is 0 Å². The lowest BCUT2D eigenvalue weighted by Crippen LogP contribution is -2.07. The Balaban J connectivity index is 1.87. The first-order chi connectivity index (χ1) is 7.75. The fraction of sp³-hybridized carbons (Fsp3) is 0.273. The van der Waals surface area contributed by atoms with Crippen LogP contribution in [0, 0.1) is 6.92 Å². The Labute approximate surface area is 104 Å². The Morgan fingerprint density at radius 1 is 1.31 bits per heavy atom. The quantitative estimate of drug-likeness (QED) is 0.910. The molecule has 0 fully saturated rings. The highest BCUT2D eigenvalue weighted by Crippen LogP contribution is 2.21. The molecule has 84 valence electrons. The van der Waals surface area contributed by atoms with E-state index in [0.717, 1.165) is 28.8 Å². The molecule has 0 bridgehead atoms. The van der Waals surface area contributed by atoms with Gasteiger partial charge < -0.3 is 5.32 Å². The van der Waals surface area contributed by atoms with Gasteiger partial charge in [-0.05, 0) is 25.5 Å². The first-order valence-corrected chi connectivity index (χ1v) is 6.21. The third-order valence-electron chi connectivity index (χ3n) is 2.17. The van der Waals surface area contributed by atoms with E-state index < -0.39 is 0 Å². The molecule has 0 aliphatic carbocycles. The van der Waals surface area contributed by atoms with Crippen LogP contribution in [0.25, 0.3) is 0 Å². The van der Waals surface area contributed by atoms with Crippen LogP contribution in [0.2, 0.25) is 4.34 Å². The molecule has 0 aromatic carbocycles. The van der Waals surface area contributed by atoms with Gasteiger partial charge in [-0.3, -0.25) is 4.98 Å². The van der Waals surface area contributed by atoms with Crippen molar-refractivity contribution in [2.24, 2.45) is 0 Å². The third-order valence-corrected chi connectivity index (χ3v) is 3.46. The highest BCUT2D eigenvalue weighted by Gasteiger charge is 2.00. The summed E-state index contributed by atoms with van der Waals surface area (Å²) in [7, 11) is 0. The molecule has 2 aromatic heterocycles. The van der Waals surface area contributed by atoms with Crippen LogP contribution in [-0.4, -0.2) is 16.5 Å². The minimum absolute atomic E-state index is 0.839. The first-order valence-electron chi connectivity index (χ1n) is 5.01. The molecule has 0 saturated carbocycles. The van der Waals surface area contributed by atoms with Crippen molar-refractivity contribution in [1.29, 1.82) is 0 Å². The van der Waals surface area contributed by atoms with Crippen LogP contribution in [0.4, 0.5) is 5.82 Å². The van der Waals surface area contributed by atoms with Crippen molar-refractivity contribution in [3.05, 3.63) is 39.4 Å². The zero-order valence-electron chi connectivity index (χ0n) is 8.90. The Morgan fingerprint density at radius 3 is 2.81 bits per heavy atom. The smallest absolute Gasteiger partial charge is 0.147 e. The van der Waals surface area contributed by atoms with Gasteiger partial charge in [0.1, 0.15) is 5.82 Å². The van der Waals surface area contributed by atoms with E-state index in [1.165, 1.54) is 4.88 Å². The molecule has 0 amide bonds. The van der Waals surface area contributed by atoms with Gasteiger partial charge >= 0.3 is 0 Å². The highest BCUT2D eigenvalue weighted by molar-refractivity contribution is 7.16. The number of aryl methyl sites for hydroxylation is 1. The second-order valence-corrected chi connectivity index (χ2v) is 5.17. The fourth-order valence-corrected chi connectivity index (χ4v) is 2.46. The molecule has 1 N–H and O–H groups in total. The number of halogens is 1. The molecular weight excluding hydrogens is 242 g/mol. The molecule has 2 rings (SSSR count). The Bertz CT molecular complexity index is 470. The Kier molecular flexibility index (Phi) is 3.74. The van der Waals surface area contributed by atoms with E-state index >= 15 is 0 Å². The van der Waals surface area contributed by atoms with Crippen molar-refractivity contribution in [2.75, 3.05) is 11.9 Å². The van der Waals surface area contributed by atoms with Gasteiger partial charge in [0.05, 0.1) is 10.0 Å². The molecule has 0 saturated heterocycles. The standard InChI is InChI=1S/C11H12ClN3S/c1-8-11(15-7-6-13-8)14-5-4-9-2-3-10(12)16-9/h2-3,6-7H,4-5H2,1H3,(H,14,15). The molecule has 0 atom stereocenters. The average Bonchev–Trinajstić information content (AvgIpc) is 2.67. The number of hydrogen-bond donors (Lipinski definition) is 1.